The summed E-state index contributed by atoms with van der Waals surface area (Å²) in [5.74, 6) is -0.592. The zero-order chi connectivity index (χ0) is 23.4. The van der Waals surface area contributed by atoms with Gasteiger partial charge in [0, 0.05) is 28.1 Å². The molecule has 2 aromatic rings. The minimum absolute atomic E-state index is 0.0697. The van der Waals surface area contributed by atoms with E-state index in [2.05, 4.69) is 5.32 Å². The number of ether oxygens (including phenoxy) is 2. The van der Waals surface area contributed by atoms with E-state index >= 15 is 0 Å². The first-order chi connectivity index (χ1) is 15.7. The highest BCUT2D eigenvalue weighted by Gasteiger charge is 2.61. The number of benzene rings is 1. The lowest BCUT2D eigenvalue weighted by atomic mass is 9.47. The topological polar surface area (TPSA) is 81.7 Å². The van der Waals surface area contributed by atoms with Crippen LogP contribution in [0, 0.1) is 23.1 Å². The van der Waals surface area contributed by atoms with Gasteiger partial charge in [0.15, 0.2) is 0 Å². The molecule has 0 aliphatic heterocycles. The Hall–Kier alpha value is -2.48. The third-order valence-electron chi connectivity index (χ3n) is 7.51. The monoisotopic (exact) mass is 473 g/mol. The van der Waals surface area contributed by atoms with Crippen LogP contribution in [0.1, 0.15) is 67.6 Å². The van der Waals surface area contributed by atoms with Crippen LogP contribution in [0.3, 0.4) is 0 Å². The number of hydrogen-bond acceptors (Lipinski definition) is 6. The molecule has 1 aromatic carbocycles. The van der Waals surface area contributed by atoms with Crippen molar-refractivity contribution in [2.45, 2.75) is 64.5 Å². The molecule has 0 spiro atoms. The quantitative estimate of drug-likeness (QED) is 0.613. The molecule has 176 valence electrons. The van der Waals surface area contributed by atoms with E-state index in [0.29, 0.717) is 33.9 Å². The highest BCUT2D eigenvalue weighted by molar-refractivity contribution is 7.21. The molecule has 4 bridgehead atoms. The molecular weight excluding hydrogens is 445 g/mol. The Morgan fingerprint density at radius 1 is 1.15 bits per heavy atom. The normalized spacial score (nSPS) is 29.8. The van der Waals surface area contributed by atoms with Gasteiger partial charge in [0.05, 0.1) is 12.0 Å². The van der Waals surface area contributed by atoms with Crippen molar-refractivity contribution in [3.05, 3.63) is 34.5 Å². The fourth-order valence-electron chi connectivity index (χ4n) is 6.98. The summed E-state index contributed by atoms with van der Waals surface area (Å²) in [5.41, 5.74) is -0.617. The predicted molar refractivity (Wildman–Crippen MR) is 121 cm³/mol. The van der Waals surface area contributed by atoms with Crippen molar-refractivity contribution in [2.24, 2.45) is 17.3 Å². The van der Waals surface area contributed by atoms with E-state index in [0.717, 1.165) is 43.4 Å². The fourth-order valence-corrected chi connectivity index (χ4v) is 8.09. The molecule has 4 fully saturated rings. The van der Waals surface area contributed by atoms with Crippen molar-refractivity contribution in [3.63, 3.8) is 0 Å². The maximum absolute atomic E-state index is 14.7. The molecule has 4 aliphatic rings. The van der Waals surface area contributed by atoms with E-state index in [1.165, 1.54) is 13.0 Å². The van der Waals surface area contributed by atoms with Gasteiger partial charge in [-0.25, -0.2) is 9.18 Å². The third kappa shape index (κ3) is 3.82. The van der Waals surface area contributed by atoms with Gasteiger partial charge < -0.3 is 14.8 Å². The van der Waals surface area contributed by atoms with Crippen LogP contribution in [0.5, 0.6) is 0 Å². The minimum Gasteiger partial charge on any atom is -0.462 e. The standard InChI is InChI=1S/C25H28FNO5S/c1-3-31-22(29)21-17(20-18(26)5-4-6-19(20)33-21)12-32-23(30)24-8-15-7-16(9-24)11-25(10-15,13-24)27-14(2)28/h4-6,15-16H,3,7-13H2,1-2H3,(H,27,28). The summed E-state index contributed by atoms with van der Waals surface area (Å²) >= 11 is 1.15. The molecule has 1 heterocycles. The number of nitrogens with one attached hydrogen (secondary N) is 1. The van der Waals surface area contributed by atoms with Crippen molar-refractivity contribution in [1.29, 1.82) is 0 Å². The van der Waals surface area contributed by atoms with Gasteiger partial charge >= 0.3 is 11.9 Å². The first-order valence-corrected chi connectivity index (χ1v) is 12.4. The van der Waals surface area contributed by atoms with Crippen LogP contribution in [0.2, 0.25) is 0 Å². The molecule has 1 amide bonds. The zero-order valence-electron chi connectivity index (χ0n) is 18.9. The Balaban J connectivity index is 1.42. The third-order valence-corrected chi connectivity index (χ3v) is 8.68. The second-order valence-electron chi connectivity index (χ2n) is 10.0. The van der Waals surface area contributed by atoms with Crippen molar-refractivity contribution < 1.29 is 28.2 Å². The number of carbonyl (C=O) groups is 3. The van der Waals surface area contributed by atoms with Gasteiger partial charge in [0.2, 0.25) is 5.91 Å². The van der Waals surface area contributed by atoms with E-state index in [-0.39, 0.29) is 35.5 Å². The second-order valence-corrected chi connectivity index (χ2v) is 11.1. The Bertz CT molecular complexity index is 1130. The average Bonchev–Trinajstić information content (AvgIpc) is 3.10. The lowest BCUT2D eigenvalue weighted by molar-refractivity contribution is -0.177. The van der Waals surface area contributed by atoms with Gasteiger partial charge in [-0.3, -0.25) is 9.59 Å². The summed E-state index contributed by atoms with van der Waals surface area (Å²) in [4.78, 5) is 38.2. The van der Waals surface area contributed by atoms with Crippen molar-refractivity contribution >= 4 is 39.3 Å². The molecule has 2 atom stereocenters. The van der Waals surface area contributed by atoms with E-state index < -0.39 is 17.2 Å². The fraction of sp³-hybridized carbons (Fsp3) is 0.560. The van der Waals surface area contributed by atoms with Crippen LogP contribution in [-0.4, -0.2) is 30.0 Å². The number of halogens is 1. The van der Waals surface area contributed by atoms with E-state index in [1.807, 2.05) is 0 Å². The molecule has 1 N–H and O–H groups in total. The van der Waals surface area contributed by atoms with E-state index in [4.69, 9.17) is 9.47 Å². The number of carbonyl (C=O) groups excluding carboxylic acids is 3. The molecule has 8 heteroatoms. The molecule has 2 unspecified atom stereocenters. The Morgan fingerprint density at radius 2 is 1.88 bits per heavy atom. The summed E-state index contributed by atoms with van der Waals surface area (Å²) in [5, 5.41) is 3.45. The van der Waals surface area contributed by atoms with Gasteiger partial charge in [-0.15, -0.1) is 11.3 Å². The molecular formula is C25H28FNO5S. The number of amides is 1. The van der Waals surface area contributed by atoms with Gasteiger partial charge in [-0.1, -0.05) is 6.07 Å². The van der Waals surface area contributed by atoms with Crippen molar-refractivity contribution in [1.82, 2.24) is 5.32 Å². The maximum Gasteiger partial charge on any atom is 0.348 e. The molecule has 0 saturated heterocycles. The predicted octanol–water partition coefficient (Wildman–Crippen LogP) is 4.74. The van der Waals surface area contributed by atoms with Crippen LogP contribution in [0.4, 0.5) is 4.39 Å². The number of hydrogen-bond donors (Lipinski definition) is 1. The molecule has 1 aromatic heterocycles. The van der Waals surface area contributed by atoms with E-state index in [9.17, 15) is 18.8 Å². The molecule has 6 nitrogen and oxygen atoms in total. The van der Waals surface area contributed by atoms with Gasteiger partial charge in [0.25, 0.3) is 0 Å². The summed E-state index contributed by atoms with van der Waals surface area (Å²) in [6.45, 7) is 3.25. The van der Waals surface area contributed by atoms with Gasteiger partial charge in [-0.2, -0.15) is 0 Å². The Kier molecular flexibility index (Phi) is 5.46. The SMILES string of the molecule is CCOC(=O)c1sc2cccc(F)c2c1COC(=O)C12CC3CC(CC(NC(C)=O)(C3)C1)C2. The van der Waals surface area contributed by atoms with Crippen LogP contribution in [0.15, 0.2) is 18.2 Å². The highest BCUT2D eigenvalue weighted by Crippen LogP contribution is 2.62. The largest absolute Gasteiger partial charge is 0.462 e. The number of rotatable bonds is 6. The van der Waals surface area contributed by atoms with Gasteiger partial charge in [-0.05, 0) is 69.4 Å². The average molecular weight is 474 g/mol. The minimum atomic E-state index is -0.638. The number of thiophene rings is 1. The van der Waals surface area contributed by atoms with Crippen molar-refractivity contribution in [2.75, 3.05) is 6.61 Å². The summed E-state index contributed by atoms with van der Waals surface area (Å²) in [6, 6.07) is 4.68. The first-order valence-electron chi connectivity index (χ1n) is 11.6. The smallest absolute Gasteiger partial charge is 0.348 e. The molecule has 4 aliphatic carbocycles. The second kappa shape index (κ2) is 8.08. The van der Waals surface area contributed by atoms with Crippen LogP contribution in [0.25, 0.3) is 10.1 Å². The summed E-state index contributed by atoms with van der Waals surface area (Å²) in [7, 11) is 0. The Labute approximate surface area is 195 Å². The number of esters is 2. The first kappa shape index (κ1) is 22.3. The molecule has 0 radical (unpaired) electrons. The van der Waals surface area contributed by atoms with Crippen LogP contribution >= 0.6 is 11.3 Å². The van der Waals surface area contributed by atoms with Crippen LogP contribution in [-0.2, 0) is 25.7 Å². The van der Waals surface area contributed by atoms with Gasteiger partial charge in [0.1, 0.15) is 17.3 Å². The summed E-state index contributed by atoms with van der Waals surface area (Å²) < 4.78 is 26.3. The highest BCUT2D eigenvalue weighted by atomic mass is 32.1. The number of fused-ring (bicyclic) bond motifs is 1. The molecule has 33 heavy (non-hydrogen) atoms. The summed E-state index contributed by atoms with van der Waals surface area (Å²) in [6.07, 6.45) is 5.00. The lowest BCUT2D eigenvalue weighted by Crippen LogP contribution is -2.64. The zero-order valence-corrected chi connectivity index (χ0v) is 19.7. The Morgan fingerprint density at radius 3 is 2.55 bits per heavy atom. The molecule has 6 rings (SSSR count). The molecule has 4 saturated carbocycles. The van der Waals surface area contributed by atoms with Crippen LogP contribution < -0.4 is 5.32 Å². The van der Waals surface area contributed by atoms with E-state index in [1.54, 1.807) is 19.1 Å². The van der Waals surface area contributed by atoms with Crippen molar-refractivity contribution in [3.8, 4) is 0 Å². The maximum atomic E-state index is 14.7. The lowest BCUT2D eigenvalue weighted by Gasteiger charge is -2.60.